The van der Waals surface area contributed by atoms with E-state index in [0.29, 0.717) is 26.3 Å². The first kappa shape index (κ1) is 21.5. The van der Waals surface area contributed by atoms with E-state index in [9.17, 15) is 5.11 Å². The quantitative estimate of drug-likeness (QED) is 0.314. The fraction of sp³-hybridized carbons (Fsp3) is 0.667. The van der Waals surface area contributed by atoms with Gasteiger partial charge >= 0.3 is 0 Å². The maximum atomic E-state index is 9.57. The van der Waals surface area contributed by atoms with Crippen LogP contribution in [0.4, 0.5) is 0 Å². The van der Waals surface area contributed by atoms with Crippen LogP contribution in [0.3, 0.4) is 0 Å². The molecule has 152 valence electrons. The Bertz CT molecular complexity index is 595. The molecule has 0 atom stereocenters. The van der Waals surface area contributed by atoms with Crippen molar-refractivity contribution in [2.24, 2.45) is 10.4 Å². The minimum atomic E-state index is -0.187. The zero-order valence-corrected chi connectivity index (χ0v) is 17.0. The van der Waals surface area contributed by atoms with Gasteiger partial charge in [0.15, 0.2) is 5.96 Å². The standard InChI is InChI=1S/C21H35N3O3/c1-4-6-7-10-27-19-11-17(3)8-9-18(19)12-23-20(22-5-2)24-13-21(14-25)15-26-16-21/h8-9,11,25H,4-7,10,12-16H2,1-3H3,(H2,22,23,24). The van der Waals surface area contributed by atoms with E-state index in [-0.39, 0.29) is 12.0 Å². The first-order chi connectivity index (χ1) is 13.1. The van der Waals surface area contributed by atoms with Gasteiger partial charge in [-0.2, -0.15) is 0 Å². The van der Waals surface area contributed by atoms with Crippen LogP contribution in [0.15, 0.2) is 23.2 Å². The van der Waals surface area contributed by atoms with E-state index in [2.05, 4.69) is 42.7 Å². The van der Waals surface area contributed by atoms with Gasteiger partial charge in [0.05, 0.1) is 38.4 Å². The summed E-state index contributed by atoms with van der Waals surface area (Å²) < 4.78 is 11.3. The third-order valence-corrected chi connectivity index (χ3v) is 4.76. The van der Waals surface area contributed by atoms with Gasteiger partial charge in [-0.1, -0.05) is 31.9 Å². The van der Waals surface area contributed by atoms with Crippen LogP contribution in [-0.2, 0) is 11.3 Å². The van der Waals surface area contributed by atoms with Crippen LogP contribution in [0.2, 0.25) is 0 Å². The topological polar surface area (TPSA) is 75.1 Å². The normalized spacial score (nSPS) is 15.9. The molecule has 0 aliphatic carbocycles. The Hall–Kier alpha value is -1.79. The number of aliphatic hydroxyl groups excluding tert-OH is 1. The van der Waals surface area contributed by atoms with Gasteiger partial charge in [-0.25, -0.2) is 4.99 Å². The second kappa shape index (κ2) is 11.1. The number of ether oxygens (including phenoxy) is 2. The van der Waals surface area contributed by atoms with Gasteiger partial charge in [-0.05, 0) is 31.9 Å². The molecule has 0 bridgehead atoms. The average molecular weight is 378 g/mol. The van der Waals surface area contributed by atoms with Crippen LogP contribution in [0.25, 0.3) is 0 Å². The largest absolute Gasteiger partial charge is 0.493 e. The summed E-state index contributed by atoms with van der Waals surface area (Å²) in [6.45, 7) is 10.3. The van der Waals surface area contributed by atoms with Crippen molar-refractivity contribution in [1.29, 1.82) is 0 Å². The Balaban J connectivity index is 1.99. The third kappa shape index (κ3) is 6.70. The third-order valence-electron chi connectivity index (χ3n) is 4.76. The van der Waals surface area contributed by atoms with Crippen molar-refractivity contribution in [3.05, 3.63) is 29.3 Å². The summed E-state index contributed by atoms with van der Waals surface area (Å²) in [5.41, 5.74) is 2.08. The average Bonchev–Trinajstić information content (AvgIpc) is 2.63. The molecule has 6 nitrogen and oxygen atoms in total. The van der Waals surface area contributed by atoms with Gasteiger partial charge in [0.25, 0.3) is 0 Å². The lowest BCUT2D eigenvalue weighted by atomic mass is 9.87. The fourth-order valence-electron chi connectivity index (χ4n) is 2.88. The second-order valence-electron chi connectivity index (χ2n) is 7.37. The number of guanidine groups is 1. The molecule has 0 amide bonds. The molecule has 2 rings (SSSR count). The second-order valence-corrected chi connectivity index (χ2v) is 7.37. The van der Waals surface area contributed by atoms with Crippen molar-refractivity contribution in [2.45, 2.75) is 46.6 Å². The molecule has 0 aromatic heterocycles. The molecule has 0 saturated carbocycles. The number of nitrogens with zero attached hydrogens (tertiary/aromatic N) is 1. The Kier molecular flexibility index (Phi) is 8.88. The van der Waals surface area contributed by atoms with Crippen molar-refractivity contribution in [2.75, 3.05) is 39.5 Å². The van der Waals surface area contributed by atoms with Gasteiger partial charge in [0.2, 0.25) is 0 Å². The van der Waals surface area contributed by atoms with Gasteiger partial charge in [0, 0.05) is 18.7 Å². The minimum absolute atomic E-state index is 0.118. The van der Waals surface area contributed by atoms with Crippen molar-refractivity contribution >= 4 is 5.96 Å². The summed E-state index contributed by atoms with van der Waals surface area (Å²) in [5, 5.41) is 16.2. The highest BCUT2D eigenvalue weighted by molar-refractivity contribution is 5.79. The van der Waals surface area contributed by atoms with Crippen molar-refractivity contribution in [3.63, 3.8) is 0 Å². The van der Waals surface area contributed by atoms with Crippen LogP contribution in [0.5, 0.6) is 5.75 Å². The summed E-state index contributed by atoms with van der Waals surface area (Å²) >= 11 is 0. The Morgan fingerprint density at radius 1 is 1.26 bits per heavy atom. The van der Waals surface area contributed by atoms with E-state index < -0.39 is 0 Å². The maximum Gasteiger partial charge on any atom is 0.191 e. The van der Waals surface area contributed by atoms with E-state index in [1.54, 1.807) is 0 Å². The minimum Gasteiger partial charge on any atom is -0.493 e. The van der Waals surface area contributed by atoms with Crippen LogP contribution >= 0.6 is 0 Å². The number of hydrogen-bond donors (Lipinski definition) is 3. The summed E-state index contributed by atoms with van der Waals surface area (Å²) in [6, 6.07) is 6.27. The monoisotopic (exact) mass is 377 g/mol. The molecule has 1 aromatic rings. The Labute approximate surface area is 163 Å². The molecule has 1 heterocycles. The Morgan fingerprint density at radius 2 is 2.07 bits per heavy atom. The van der Waals surface area contributed by atoms with Crippen molar-refractivity contribution in [3.8, 4) is 5.75 Å². The number of hydrogen-bond acceptors (Lipinski definition) is 4. The van der Waals surface area contributed by atoms with Crippen LogP contribution < -0.4 is 15.4 Å². The number of rotatable bonds is 11. The number of unbranched alkanes of at least 4 members (excludes halogenated alkanes) is 2. The molecule has 1 aliphatic heterocycles. The SMILES string of the molecule is CCCCCOc1cc(C)ccc1CN=C(NCC)NCC1(CO)COC1. The summed E-state index contributed by atoms with van der Waals surface area (Å²) in [7, 11) is 0. The molecular formula is C21H35N3O3. The molecule has 3 N–H and O–H groups in total. The van der Waals surface area contributed by atoms with Gasteiger partial charge < -0.3 is 25.2 Å². The molecule has 0 radical (unpaired) electrons. The van der Waals surface area contributed by atoms with Crippen LogP contribution in [0.1, 0.15) is 44.2 Å². The predicted molar refractivity (Wildman–Crippen MR) is 109 cm³/mol. The smallest absolute Gasteiger partial charge is 0.191 e. The molecule has 1 saturated heterocycles. The van der Waals surface area contributed by atoms with E-state index >= 15 is 0 Å². The van der Waals surface area contributed by atoms with E-state index in [1.807, 2.05) is 6.92 Å². The lowest BCUT2D eigenvalue weighted by Crippen LogP contribution is -2.54. The van der Waals surface area contributed by atoms with E-state index in [4.69, 9.17) is 14.5 Å². The van der Waals surface area contributed by atoms with E-state index in [1.165, 1.54) is 18.4 Å². The fourth-order valence-corrected chi connectivity index (χ4v) is 2.88. The van der Waals surface area contributed by atoms with Gasteiger partial charge in [-0.3, -0.25) is 0 Å². The Morgan fingerprint density at radius 3 is 2.70 bits per heavy atom. The lowest BCUT2D eigenvalue weighted by Gasteiger charge is -2.40. The first-order valence-electron chi connectivity index (χ1n) is 10.1. The maximum absolute atomic E-state index is 9.57. The number of benzene rings is 1. The first-order valence-corrected chi connectivity index (χ1v) is 10.1. The molecular weight excluding hydrogens is 342 g/mol. The molecule has 6 heteroatoms. The highest BCUT2D eigenvalue weighted by Crippen LogP contribution is 2.25. The van der Waals surface area contributed by atoms with Gasteiger partial charge in [0.1, 0.15) is 5.75 Å². The molecule has 1 fully saturated rings. The summed E-state index contributed by atoms with van der Waals surface area (Å²) in [5.74, 6) is 1.67. The van der Waals surface area contributed by atoms with Crippen LogP contribution in [0, 0.1) is 12.3 Å². The molecule has 0 unspecified atom stereocenters. The van der Waals surface area contributed by atoms with Crippen LogP contribution in [-0.4, -0.2) is 50.6 Å². The highest BCUT2D eigenvalue weighted by Gasteiger charge is 2.38. The summed E-state index contributed by atoms with van der Waals surface area (Å²) in [6.07, 6.45) is 3.44. The number of aryl methyl sites for hydroxylation is 1. The zero-order chi connectivity index (χ0) is 19.5. The lowest BCUT2D eigenvalue weighted by molar-refractivity contribution is -0.132. The van der Waals surface area contributed by atoms with Gasteiger partial charge in [-0.15, -0.1) is 0 Å². The predicted octanol–water partition coefficient (Wildman–Crippen LogP) is 2.63. The van der Waals surface area contributed by atoms with Crippen molar-refractivity contribution in [1.82, 2.24) is 10.6 Å². The number of nitrogens with one attached hydrogen (secondary N) is 2. The van der Waals surface area contributed by atoms with Crippen molar-refractivity contribution < 1.29 is 14.6 Å². The molecule has 1 aliphatic rings. The molecule has 0 spiro atoms. The number of aliphatic hydroxyl groups is 1. The molecule has 1 aromatic carbocycles. The van der Waals surface area contributed by atoms with E-state index in [0.717, 1.165) is 36.8 Å². The highest BCUT2D eigenvalue weighted by atomic mass is 16.5. The summed E-state index contributed by atoms with van der Waals surface area (Å²) in [4.78, 5) is 4.71. The zero-order valence-electron chi connectivity index (χ0n) is 17.0. The number of aliphatic imine (C=N–C) groups is 1. The molecule has 27 heavy (non-hydrogen) atoms.